The number of nitrogens with zero attached hydrogens (tertiary/aromatic N) is 5. The summed E-state index contributed by atoms with van der Waals surface area (Å²) < 4.78 is 21.1. The number of aromatic nitrogens is 6. The first-order valence-electron chi connectivity index (χ1n) is 6.15. The van der Waals surface area contributed by atoms with Crippen molar-refractivity contribution < 1.29 is 9.13 Å². The van der Waals surface area contributed by atoms with Gasteiger partial charge in [0.25, 0.3) is 0 Å². The zero-order chi connectivity index (χ0) is 15.7. The van der Waals surface area contributed by atoms with Crippen molar-refractivity contribution in [1.29, 1.82) is 0 Å². The van der Waals surface area contributed by atoms with Crippen molar-refractivity contribution in [2.75, 3.05) is 0 Å². The Labute approximate surface area is 128 Å². The van der Waals surface area contributed by atoms with Crippen LogP contribution in [0.15, 0.2) is 29.2 Å². The molecule has 114 valence electrons. The zero-order valence-corrected chi connectivity index (χ0v) is 12.1. The van der Waals surface area contributed by atoms with E-state index in [9.17, 15) is 9.18 Å². The largest absolute Gasteiger partial charge is 0.473 e. The van der Waals surface area contributed by atoms with Crippen LogP contribution in [0.4, 0.5) is 4.39 Å². The van der Waals surface area contributed by atoms with E-state index in [0.29, 0.717) is 11.4 Å². The first kappa shape index (κ1) is 14.3. The fraction of sp³-hybridized carbons (Fsp3) is 0.167. The number of hydrogen-bond acceptors (Lipinski definition) is 5. The van der Waals surface area contributed by atoms with Gasteiger partial charge in [-0.3, -0.25) is 0 Å². The molecule has 0 aliphatic carbocycles. The second-order valence-corrected chi connectivity index (χ2v) is 4.80. The van der Waals surface area contributed by atoms with Crippen LogP contribution in [0.25, 0.3) is 5.69 Å². The normalized spacial score (nSPS) is 10.9. The van der Waals surface area contributed by atoms with Gasteiger partial charge >= 0.3 is 5.69 Å². The van der Waals surface area contributed by atoms with Gasteiger partial charge in [-0.25, -0.2) is 14.3 Å². The molecule has 0 saturated carbocycles. The van der Waals surface area contributed by atoms with Crippen LogP contribution >= 0.6 is 11.6 Å². The summed E-state index contributed by atoms with van der Waals surface area (Å²) in [6, 6.07) is 3.90. The molecule has 8 nitrogen and oxygen atoms in total. The highest BCUT2D eigenvalue weighted by atomic mass is 35.5. The Morgan fingerprint density at radius 1 is 1.41 bits per heavy atom. The molecule has 1 N–H and O–H groups in total. The van der Waals surface area contributed by atoms with Crippen LogP contribution < -0.4 is 10.4 Å². The van der Waals surface area contributed by atoms with Crippen LogP contribution in [0.3, 0.4) is 0 Å². The van der Waals surface area contributed by atoms with E-state index < -0.39 is 11.5 Å². The molecule has 22 heavy (non-hydrogen) atoms. The van der Waals surface area contributed by atoms with Crippen LogP contribution in [0.5, 0.6) is 5.88 Å². The lowest BCUT2D eigenvalue weighted by Gasteiger charge is -2.11. The average Bonchev–Trinajstić information content (AvgIpc) is 3.09. The third-order valence-corrected chi connectivity index (χ3v) is 3.27. The van der Waals surface area contributed by atoms with Gasteiger partial charge in [0.05, 0.1) is 16.9 Å². The Hall–Kier alpha value is -2.68. The molecule has 2 aromatic heterocycles. The Balaban J connectivity index is 2.04. The van der Waals surface area contributed by atoms with E-state index in [1.807, 2.05) is 0 Å². The fourth-order valence-electron chi connectivity index (χ4n) is 1.86. The molecule has 0 saturated heterocycles. The molecule has 0 fully saturated rings. The summed E-state index contributed by atoms with van der Waals surface area (Å²) >= 11 is 6.07. The van der Waals surface area contributed by atoms with Gasteiger partial charge in [-0.2, -0.15) is 14.5 Å². The van der Waals surface area contributed by atoms with Crippen molar-refractivity contribution in [3.8, 4) is 11.6 Å². The lowest BCUT2D eigenvalue weighted by molar-refractivity contribution is 0.292. The smallest absolute Gasteiger partial charge is 0.368 e. The Bertz CT molecular complexity index is 857. The first-order chi connectivity index (χ1) is 10.6. The van der Waals surface area contributed by atoms with Crippen LogP contribution in [0, 0.1) is 5.82 Å². The highest BCUT2D eigenvalue weighted by Crippen LogP contribution is 2.25. The maximum absolute atomic E-state index is 13.6. The summed E-state index contributed by atoms with van der Waals surface area (Å²) in [6.07, 6.45) is 1.52. The molecule has 0 radical (unpaired) electrons. The van der Waals surface area contributed by atoms with E-state index in [2.05, 4.69) is 20.6 Å². The molecule has 0 amide bonds. The molecule has 0 bridgehead atoms. The van der Waals surface area contributed by atoms with Crippen molar-refractivity contribution >= 4 is 11.6 Å². The minimum Gasteiger partial charge on any atom is -0.473 e. The van der Waals surface area contributed by atoms with E-state index in [-0.39, 0.29) is 17.3 Å². The molecule has 1 aromatic carbocycles. The predicted molar refractivity (Wildman–Crippen MR) is 74.5 cm³/mol. The number of rotatable bonds is 4. The number of nitrogens with one attached hydrogen (secondary N) is 1. The average molecular weight is 325 g/mol. The van der Waals surface area contributed by atoms with E-state index in [1.54, 1.807) is 6.07 Å². The second kappa shape index (κ2) is 5.60. The van der Waals surface area contributed by atoms with Gasteiger partial charge in [0.15, 0.2) is 0 Å². The molecule has 0 aliphatic heterocycles. The molecule has 3 rings (SSSR count). The van der Waals surface area contributed by atoms with Crippen LogP contribution in [-0.4, -0.2) is 30.0 Å². The maximum atomic E-state index is 13.6. The van der Waals surface area contributed by atoms with Crippen LogP contribution in [0.2, 0.25) is 5.02 Å². The number of ether oxygens (including phenoxy) is 1. The third-order valence-electron chi connectivity index (χ3n) is 2.93. The topological polar surface area (TPSA) is 90.6 Å². The van der Waals surface area contributed by atoms with Gasteiger partial charge in [0.2, 0.25) is 5.88 Å². The standard InChI is InChI=1S/C12H10ClFN6O2/c1-19-12(21)20(18-17-19)10-5-7(14)4-9(13)8(10)6-22-11-2-3-15-16-11/h2-5H,6H2,1H3,(H,15,16). The van der Waals surface area contributed by atoms with Gasteiger partial charge < -0.3 is 4.74 Å². The Morgan fingerprint density at radius 3 is 2.86 bits per heavy atom. The number of aromatic amines is 1. The second-order valence-electron chi connectivity index (χ2n) is 4.39. The molecule has 0 unspecified atom stereocenters. The van der Waals surface area contributed by atoms with Crippen LogP contribution in [-0.2, 0) is 13.7 Å². The van der Waals surface area contributed by atoms with Crippen LogP contribution in [0.1, 0.15) is 5.56 Å². The SMILES string of the molecule is Cn1nnn(-c2cc(F)cc(Cl)c2COc2ccn[nH]2)c1=O. The summed E-state index contributed by atoms with van der Waals surface area (Å²) in [5.74, 6) is -0.180. The summed E-state index contributed by atoms with van der Waals surface area (Å²) in [7, 11) is 1.44. The number of tetrazole rings is 1. The quantitative estimate of drug-likeness (QED) is 0.775. The molecule has 3 aromatic rings. The molecule has 0 atom stereocenters. The summed E-state index contributed by atoms with van der Waals surface area (Å²) in [6.45, 7) is -0.000343. The first-order valence-corrected chi connectivity index (χ1v) is 6.53. The van der Waals surface area contributed by atoms with Crippen molar-refractivity contribution in [3.63, 3.8) is 0 Å². The van der Waals surface area contributed by atoms with Gasteiger partial charge in [-0.05, 0) is 16.5 Å². The van der Waals surface area contributed by atoms with Crippen molar-refractivity contribution in [1.82, 2.24) is 30.0 Å². The van der Waals surface area contributed by atoms with Gasteiger partial charge in [0, 0.05) is 24.7 Å². The van der Waals surface area contributed by atoms with Gasteiger partial charge in [-0.1, -0.05) is 11.6 Å². The summed E-state index contributed by atoms with van der Waals surface area (Å²) in [5.41, 5.74) is 0.0485. The molecule has 0 aliphatic rings. The molecule has 10 heteroatoms. The van der Waals surface area contributed by atoms with Crippen molar-refractivity contribution in [3.05, 3.63) is 51.3 Å². The monoisotopic (exact) mass is 324 g/mol. The Kier molecular flexibility index (Phi) is 3.63. The number of hydrogen-bond donors (Lipinski definition) is 1. The highest BCUT2D eigenvalue weighted by Gasteiger charge is 2.16. The van der Waals surface area contributed by atoms with Crippen molar-refractivity contribution in [2.24, 2.45) is 7.05 Å². The predicted octanol–water partition coefficient (Wildman–Crippen LogP) is 1.06. The Morgan fingerprint density at radius 2 is 2.23 bits per heavy atom. The minimum absolute atomic E-state index is 0.000343. The number of halogens is 2. The third kappa shape index (κ3) is 2.58. The number of aryl methyl sites for hydroxylation is 1. The molecule has 2 heterocycles. The number of benzene rings is 1. The fourth-order valence-corrected chi connectivity index (χ4v) is 2.12. The number of H-pyrrole nitrogens is 1. The molecular formula is C12H10ClFN6O2. The minimum atomic E-state index is -0.595. The van der Waals surface area contributed by atoms with Gasteiger partial charge in [0.1, 0.15) is 12.4 Å². The molecular weight excluding hydrogens is 315 g/mol. The van der Waals surface area contributed by atoms with E-state index in [1.165, 1.54) is 13.2 Å². The zero-order valence-electron chi connectivity index (χ0n) is 11.3. The summed E-state index contributed by atoms with van der Waals surface area (Å²) in [4.78, 5) is 12.0. The van der Waals surface area contributed by atoms with E-state index in [0.717, 1.165) is 21.5 Å². The van der Waals surface area contributed by atoms with Gasteiger partial charge in [-0.15, -0.1) is 0 Å². The lowest BCUT2D eigenvalue weighted by atomic mass is 10.2. The highest BCUT2D eigenvalue weighted by molar-refractivity contribution is 6.31. The van der Waals surface area contributed by atoms with E-state index in [4.69, 9.17) is 16.3 Å². The van der Waals surface area contributed by atoms with E-state index >= 15 is 0 Å². The summed E-state index contributed by atoms with van der Waals surface area (Å²) in [5, 5.41) is 13.8. The lowest BCUT2D eigenvalue weighted by Crippen LogP contribution is -2.23. The molecule has 0 spiro atoms. The maximum Gasteiger partial charge on any atom is 0.368 e. The van der Waals surface area contributed by atoms with Crippen molar-refractivity contribution in [2.45, 2.75) is 6.61 Å².